The molecule has 2 aliphatic heterocycles. The summed E-state index contributed by atoms with van der Waals surface area (Å²) in [6.45, 7) is 4.68. The zero-order chi connectivity index (χ0) is 44.4. The van der Waals surface area contributed by atoms with E-state index in [1.165, 1.54) is 60.6 Å². The molecule has 10 aromatic carbocycles. The predicted octanol–water partition coefficient (Wildman–Crippen LogP) is 17.0. The van der Waals surface area contributed by atoms with Crippen LogP contribution in [0.2, 0.25) is 0 Å². The summed E-state index contributed by atoms with van der Waals surface area (Å²) in [5.41, 5.74) is 16.5. The number of para-hydroxylation sites is 2. The van der Waals surface area contributed by atoms with Gasteiger partial charge in [-0.2, -0.15) is 0 Å². The van der Waals surface area contributed by atoms with E-state index < -0.39 is 0 Å². The third-order valence-electron chi connectivity index (χ3n) is 14.7. The summed E-state index contributed by atoms with van der Waals surface area (Å²) >= 11 is 0. The van der Waals surface area contributed by atoms with Crippen molar-refractivity contribution in [3.05, 3.63) is 235 Å². The second kappa shape index (κ2) is 14.3. The summed E-state index contributed by atoms with van der Waals surface area (Å²) in [6, 6.07) is 72.5. The number of nitrogens with zero attached hydrogens (tertiary/aromatic N) is 2. The lowest BCUT2D eigenvalue weighted by Gasteiger charge is -2.37. The normalized spacial score (nSPS) is 15.6. The fraction of sp³-hybridized carbons (Fsp3) is 0.0794. The van der Waals surface area contributed by atoms with Gasteiger partial charge < -0.3 is 19.3 Å². The third-order valence-corrected chi connectivity index (χ3v) is 14.7. The van der Waals surface area contributed by atoms with Crippen LogP contribution in [0.15, 0.2) is 218 Å². The van der Waals surface area contributed by atoms with Gasteiger partial charge in [-0.1, -0.05) is 141 Å². The Balaban J connectivity index is 0.858. The lowest BCUT2D eigenvalue weighted by molar-refractivity contribution is 0.256. The number of hydrogen-bond acceptors (Lipinski definition) is 4. The van der Waals surface area contributed by atoms with Crippen LogP contribution in [0.4, 0.5) is 28.4 Å². The maximum absolute atomic E-state index is 7.10. The number of fused-ring (bicyclic) bond motifs is 10. The first kappa shape index (κ1) is 38.0. The van der Waals surface area contributed by atoms with Crippen LogP contribution in [-0.4, -0.2) is 6.10 Å². The lowest BCUT2D eigenvalue weighted by Crippen LogP contribution is -2.29. The van der Waals surface area contributed by atoms with Gasteiger partial charge in [-0.25, -0.2) is 0 Å². The summed E-state index contributed by atoms with van der Waals surface area (Å²) in [5.74, 6) is 2.57. The summed E-state index contributed by atoms with van der Waals surface area (Å²) in [5, 5.41) is 7.14. The number of allylic oxidation sites excluding steroid dienone is 2. The van der Waals surface area contributed by atoms with Gasteiger partial charge in [-0.05, 0) is 128 Å². The molecule has 14 rings (SSSR count). The smallest absolute Gasteiger partial charge is 0.137 e. The minimum atomic E-state index is -0.160. The lowest BCUT2D eigenvalue weighted by atomic mass is 9.82. The number of ether oxygens (including phenoxy) is 2. The van der Waals surface area contributed by atoms with Crippen molar-refractivity contribution in [3.8, 4) is 39.5 Å². The Morgan fingerprint density at radius 1 is 0.433 bits per heavy atom. The first-order chi connectivity index (χ1) is 33.0. The first-order valence-corrected chi connectivity index (χ1v) is 23.3. The molecule has 4 aliphatic rings. The number of rotatable bonds is 6. The van der Waals surface area contributed by atoms with Crippen molar-refractivity contribution in [2.45, 2.75) is 31.8 Å². The summed E-state index contributed by atoms with van der Waals surface area (Å²) in [7, 11) is 0. The molecule has 0 spiro atoms. The highest BCUT2D eigenvalue weighted by Gasteiger charge is 2.37. The highest BCUT2D eigenvalue weighted by molar-refractivity contribution is 6.15. The van der Waals surface area contributed by atoms with Crippen molar-refractivity contribution >= 4 is 66.3 Å². The molecule has 67 heavy (non-hydrogen) atoms. The minimum Gasteiger partial charge on any atom is -0.485 e. The van der Waals surface area contributed by atoms with E-state index in [1.54, 1.807) is 0 Å². The van der Waals surface area contributed by atoms with Crippen molar-refractivity contribution in [2.75, 3.05) is 9.80 Å². The highest BCUT2D eigenvalue weighted by atomic mass is 16.5. The first-order valence-electron chi connectivity index (χ1n) is 23.3. The van der Waals surface area contributed by atoms with Crippen molar-refractivity contribution in [2.24, 2.45) is 0 Å². The van der Waals surface area contributed by atoms with Crippen LogP contribution >= 0.6 is 0 Å². The van der Waals surface area contributed by atoms with Crippen LogP contribution in [0.5, 0.6) is 17.2 Å². The SMILES string of the molecule is CC1(C)c2ccccc2-c2ccc(N(c3ccccc3)c3ccc4c(c3)Oc3ccc5c6c(ccc-4c36)OC3CC(N(c4ccccc4)c4cc6ccccc6c6ccccc46)=CC=C53)cc21. The topological polar surface area (TPSA) is 24.9 Å². The van der Waals surface area contributed by atoms with Crippen molar-refractivity contribution < 1.29 is 9.47 Å². The third kappa shape index (κ3) is 5.66. The van der Waals surface area contributed by atoms with Gasteiger partial charge in [0.25, 0.3) is 0 Å². The summed E-state index contributed by atoms with van der Waals surface area (Å²) < 4.78 is 14.1. The molecule has 0 radical (unpaired) electrons. The standard InChI is InChI=1S/C63H44N2O2/c1-63(2)54-24-14-13-22-47(54)48-28-25-42(36-55(48)63)64(40-16-5-3-6-17-40)43-26-29-50-52-31-34-58-62-53(32-33-57(61(52)62)66-59(50)37-43)51-30-27-44(38-60(51)67-58)65(41-18-7-4-8-19-41)56-35-39-15-9-10-20-45(39)46-21-11-12-23-49(46)56/h3-37,60H,38H2,1-2H3. The second-order valence-corrected chi connectivity index (χ2v) is 18.8. The molecule has 4 heteroatoms. The fourth-order valence-electron chi connectivity index (χ4n) is 11.6. The number of benzene rings is 10. The highest BCUT2D eigenvalue weighted by Crippen LogP contribution is 2.56. The number of anilines is 5. The zero-order valence-electron chi connectivity index (χ0n) is 37.2. The molecule has 10 aromatic rings. The van der Waals surface area contributed by atoms with Crippen LogP contribution in [0.25, 0.3) is 60.1 Å². The predicted molar refractivity (Wildman–Crippen MR) is 277 cm³/mol. The van der Waals surface area contributed by atoms with Crippen LogP contribution in [0, 0.1) is 0 Å². The molecule has 0 bridgehead atoms. The monoisotopic (exact) mass is 860 g/mol. The molecular weight excluding hydrogens is 817 g/mol. The Morgan fingerprint density at radius 2 is 1.04 bits per heavy atom. The maximum atomic E-state index is 7.10. The van der Waals surface area contributed by atoms with E-state index in [2.05, 4.69) is 236 Å². The van der Waals surface area contributed by atoms with Gasteiger partial charge in [0, 0.05) is 73.6 Å². The number of hydrogen-bond donors (Lipinski definition) is 0. The fourth-order valence-corrected chi connectivity index (χ4v) is 11.6. The van der Waals surface area contributed by atoms with E-state index in [0.29, 0.717) is 6.42 Å². The molecule has 0 saturated carbocycles. The van der Waals surface area contributed by atoms with Crippen LogP contribution < -0.4 is 19.3 Å². The quantitative estimate of drug-likeness (QED) is 0.156. The average molecular weight is 861 g/mol. The molecule has 0 saturated heterocycles. The Hall–Kier alpha value is -8.34. The second-order valence-electron chi connectivity index (χ2n) is 18.8. The molecule has 0 fully saturated rings. The molecule has 2 heterocycles. The molecule has 0 amide bonds. The molecule has 0 N–H and O–H groups in total. The molecule has 1 unspecified atom stereocenters. The van der Waals surface area contributed by atoms with E-state index >= 15 is 0 Å². The Bertz CT molecular complexity index is 3770. The van der Waals surface area contributed by atoms with E-state index in [9.17, 15) is 0 Å². The zero-order valence-corrected chi connectivity index (χ0v) is 37.2. The van der Waals surface area contributed by atoms with Gasteiger partial charge >= 0.3 is 0 Å². The largest absolute Gasteiger partial charge is 0.485 e. The summed E-state index contributed by atoms with van der Waals surface area (Å²) in [4.78, 5) is 4.79. The molecule has 4 nitrogen and oxygen atoms in total. The Kier molecular flexibility index (Phi) is 8.12. The van der Waals surface area contributed by atoms with Crippen molar-refractivity contribution in [1.82, 2.24) is 0 Å². The molecule has 1 atom stereocenters. The van der Waals surface area contributed by atoms with Crippen molar-refractivity contribution in [1.29, 1.82) is 0 Å². The minimum absolute atomic E-state index is 0.113. The molecule has 2 aliphatic carbocycles. The van der Waals surface area contributed by atoms with Gasteiger partial charge in [0.1, 0.15) is 23.4 Å². The van der Waals surface area contributed by atoms with E-state index in [4.69, 9.17) is 9.47 Å². The maximum Gasteiger partial charge on any atom is 0.137 e. The van der Waals surface area contributed by atoms with Gasteiger partial charge in [0.15, 0.2) is 0 Å². The van der Waals surface area contributed by atoms with Crippen molar-refractivity contribution in [3.63, 3.8) is 0 Å². The molecular formula is C63H44N2O2. The van der Waals surface area contributed by atoms with E-state index in [1.807, 2.05) is 0 Å². The van der Waals surface area contributed by atoms with Crippen LogP contribution in [0.3, 0.4) is 0 Å². The van der Waals surface area contributed by atoms with E-state index in [-0.39, 0.29) is 11.5 Å². The van der Waals surface area contributed by atoms with Crippen LogP contribution in [0.1, 0.15) is 37.0 Å². The summed E-state index contributed by atoms with van der Waals surface area (Å²) in [6.07, 6.45) is 5.14. The average Bonchev–Trinajstić information content (AvgIpc) is 3.60. The molecule has 318 valence electrons. The van der Waals surface area contributed by atoms with Gasteiger partial charge in [0.05, 0.1) is 5.69 Å². The molecule has 0 aromatic heterocycles. The Labute approximate surface area is 389 Å². The van der Waals surface area contributed by atoms with Crippen LogP contribution in [-0.2, 0) is 5.41 Å². The van der Waals surface area contributed by atoms with E-state index in [0.717, 1.165) is 67.6 Å². The van der Waals surface area contributed by atoms with Gasteiger partial charge in [-0.15, -0.1) is 0 Å². The van der Waals surface area contributed by atoms with Gasteiger partial charge in [-0.3, -0.25) is 0 Å². The Morgan fingerprint density at radius 3 is 1.87 bits per heavy atom. The van der Waals surface area contributed by atoms with Gasteiger partial charge in [0.2, 0.25) is 0 Å².